The maximum Gasteiger partial charge on any atom is 0.248 e. The van der Waals surface area contributed by atoms with Gasteiger partial charge in [-0.15, -0.1) is 0 Å². The van der Waals surface area contributed by atoms with E-state index in [1.165, 1.54) is 18.7 Å². The first kappa shape index (κ1) is 13.4. The molecule has 0 radical (unpaired) electrons. The Balaban J connectivity index is 2.67. The lowest BCUT2D eigenvalue weighted by atomic mass is 10.2. The van der Waals surface area contributed by atoms with Gasteiger partial charge in [-0.05, 0) is 24.6 Å². The number of nitrogens with one attached hydrogen (secondary N) is 1. The molecule has 0 unspecified atom stereocenters. The first-order valence-electron chi connectivity index (χ1n) is 4.99. The molecule has 0 aromatic heterocycles. The number of amides is 1. The van der Waals surface area contributed by atoms with E-state index in [4.69, 9.17) is 16.3 Å². The number of halogens is 1. The molecule has 0 heterocycles. The molecule has 0 fully saturated rings. The van der Waals surface area contributed by atoms with Crippen molar-refractivity contribution in [3.63, 3.8) is 0 Å². The second-order valence-electron chi connectivity index (χ2n) is 3.48. The zero-order chi connectivity index (χ0) is 12.8. The Labute approximate surface area is 105 Å². The van der Waals surface area contributed by atoms with Crippen LogP contribution in [-0.2, 0) is 11.3 Å². The normalized spacial score (nSPS) is 11.1. The van der Waals surface area contributed by atoms with Crippen LogP contribution in [0.25, 0.3) is 0 Å². The minimum Gasteiger partial charge on any atom is -0.504 e. The molecule has 0 atom stereocenters. The zero-order valence-corrected chi connectivity index (χ0v) is 10.4. The van der Waals surface area contributed by atoms with Crippen LogP contribution in [0.3, 0.4) is 0 Å². The van der Waals surface area contributed by atoms with Gasteiger partial charge in [-0.1, -0.05) is 17.7 Å². The van der Waals surface area contributed by atoms with Crippen LogP contribution in [0.2, 0.25) is 0 Å². The van der Waals surface area contributed by atoms with Crippen molar-refractivity contribution in [3.8, 4) is 11.5 Å². The highest BCUT2D eigenvalue weighted by Crippen LogP contribution is 2.26. The third-order valence-electron chi connectivity index (χ3n) is 2.22. The predicted molar refractivity (Wildman–Crippen MR) is 66.1 cm³/mol. The summed E-state index contributed by atoms with van der Waals surface area (Å²) in [4.78, 5) is 11.4. The van der Waals surface area contributed by atoms with E-state index in [2.05, 4.69) is 5.32 Å². The molecule has 0 aliphatic rings. The largest absolute Gasteiger partial charge is 0.504 e. The van der Waals surface area contributed by atoms with E-state index >= 15 is 0 Å². The Morgan fingerprint density at radius 3 is 2.88 bits per heavy atom. The van der Waals surface area contributed by atoms with Gasteiger partial charge in [0.05, 0.1) is 7.11 Å². The van der Waals surface area contributed by atoms with Gasteiger partial charge in [0.2, 0.25) is 5.91 Å². The molecule has 1 rings (SSSR count). The average Bonchev–Trinajstić information content (AvgIpc) is 2.36. The number of ether oxygens (including phenoxy) is 1. The van der Waals surface area contributed by atoms with Gasteiger partial charge >= 0.3 is 0 Å². The third-order valence-corrected chi connectivity index (χ3v) is 2.55. The van der Waals surface area contributed by atoms with Crippen LogP contribution in [0.15, 0.2) is 29.3 Å². The number of carbonyl (C=O) groups is 1. The highest BCUT2D eigenvalue weighted by molar-refractivity contribution is 6.27. The number of rotatable bonds is 4. The van der Waals surface area contributed by atoms with Crippen molar-refractivity contribution in [1.82, 2.24) is 5.32 Å². The topological polar surface area (TPSA) is 58.6 Å². The number of carbonyl (C=O) groups excluding carboxylic acids is 1. The summed E-state index contributed by atoms with van der Waals surface area (Å²) >= 11 is 5.42. The van der Waals surface area contributed by atoms with Gasteiger partial charge in [0, 0.05) is 17.7 Å². The van der Waals surface area contributed by atoms with Crippen LogP contribution < -0.4 is 10.1 Å². The Bertz CT molecular complexity index is 443. The lowest BCUT2D eigenvalue weighted by molar-refractivity contribution is -0.117. The molecule has 4 nitrogen and oxygen atoms in total. The molecular formula is C12H14ClNO3. The molecular weight excluding hydrogens is 242 g/mol. The van der Waals surface area contributed by atoms with Gasteiger partial charge in [0.1, 0.15) is 0 Å². The summed E-state index contributed by atoms with van der Waals surface area (Å²) in [6, 6.07) is 4.89. The molecule has 0 bridgehead atoms. The fourth-order valence-corrected chi connectivity index (χ4v) is 1.30. The lowest BCUT2D eigenvalue weighted by Gasteiger charge is -2.08. The molecule has 2 N–H and O–H groups in total. The molecule has 92 valence electrons. The van der Waals surface area contributed by atoms with Crippen LogP contribution in [-0.4, -0.2) is 18.1 Å². The van der Waals surface area contributed by atoms with Crippen molar-refractivity contribution in [2.75, 3.05) is 7.11 Å². The number of hydrogen-bond donors (Lipinski definition) is 2. The van der Waals surface area contributed by atoms with Crippen LogP contribution in [0.1, 0.15) is 12.5 Å². The van der Waals surface area contributed by atoms with Crippen molar-refractivity contribution < 1.29 is 14.6 Å². The van der Waals surface area contributed by atoms with Crippen LogP contribution in [0.5, 0.6) is 11.5 Å². The first-order chi connectivity index (χ1) is 8.08. The van der Waals surface area contributed by atoms with Crippen LogP contribution in [0.4, 0.5) is 0 Å². The Morgan fingerprint density at radius 1 is 1.59 bits per heavy atom. The summed E-state index contributed by atoms with van der Waals surface area (Å²) in [5.74, 6) is 0.216. The second-order valence-corrected chi connectivity index (χ2v) is 3.70. The van der Waals surface area contributed by atoms with E-state index in [0.717, 1.165) is 5.56 Å². The van der Waals surface area contributed by atoms with E-state index in [-0.39, 0.29) is 11.7 Å². The molecule has 17 heavy (non-hydrogen) atoms. The van der Waals surface area contributed by atoms with E-state index in [1.807, 2.05) is 0 Å². The summed E-state index contributed by atoms with van der Waals surface area (Å²) in [6.07, 6.45) is 0. The third kappa shape index (κ3) is 3.67. The summed E-state index contributed by atoms with van der Waals surface area (Å²) in [5.41, 5.74) is 2.50. The number of hydrogen-bond acceptors (Lipinski definition) is 3. The average molecular weight is 256 g/mol. The number of phenols is 1. The van der Waals surface area contributed by atoms with Crippen molar-refractivity contribution in [3.05, 3.63) is 34.9 Å². The Morgan fingerprint density at radius 2 is 2.29 bits per heavy atom. The Kier molecular flexibility index (Phi) is 4.84. The number of aromatic hydroxyl groups is 1. The van der Waals surface area contributed by atoms with Crippen molar-refractivity contribution in [2.45, 2.75) is 13.5 Å². The Hall–Kier alpha value is -1.68. The first-order valence-corrected chi connectivity index (χ1v) is 5.43. The molecule has 5 heteroatoms. The molecule has 1 aromatic rings. The number of methoxy groups -OCH3 is 1. The smallest absolute Gasteiger partial charge is 0.248 e. The molecule has 0 aliphatic carbocycles. The molecule has 1 aromatic carbocycles. The number of phenolic OH excluding ortho intramolecular Hbond substituents is 1. The highest BCUT2D eigenvalue weighted by atomic mass is 35.5. The van der Waals surface area contributed by atoms with Crippen molar-refractivity contribution >= 4 is 17.5 Å². The molecule has 1 amide bonds. The van der Waals surface area contributed by atoms with Gasteiger partial charge in [0.15, 0.2) is 11.5 Å². The monoisotopic (exact) mass is 255 g/mol. The molecule has 0 saturated carbocycles. The van der Waals surface area contributed by atoms with Crippen molar-refractivity contribution in [2.24, 2.45) is 0 Å². The van der Waals surface area contributed by atoms with Gasteiger partial charge in [-0.3, -0.25) is 4.79 Å². The zero-order valence-electron chi connectivity index (χ0n) is 9.66. The maximum atomic E-state index is 11.4. The second kappa shape index (κ2) is 6.15. The van der Waals surface area contributed by atoms with E-state index in [9.17, 15) is 9.90 Å². The summed E-state index contributed by atoms with van der Waals surface area (Å²) < 4.78 is 4.97. The van der Waals surface area contributed by atoms with Gasteiger partial charge in [-0.25, -0.2) is 0 Å². The van der Waals surface area contributed by atoms with E-state index in [0.29, 0.717) is 17.9 Å². The van der Waals surface area contributed by atoms with Gasteiger partial charge in [-0.2, -0.15) is 0 Å². The quantitative estimate of drug-likeness (QED) is 0.811. The summed E-state index contributed by atoms with van der Waals surface area (Å²) in [7, 11) is 1.47. The van der Waals surface area contributed by atoms with E-state index < -0.39 is 0 Å². The predicted octanol–water partition coefficient (Wildman–Crippen LogP) is 2.16. The fourth-order valence-electron chi connectivity index (χ4n) is 1.20. The maximum absolute atomic E-state index is 11.4. The fraction of sp³-hybridized carbons (Fsp3) is 0.250. The minimum atomic E-state index is -0.230. The highest BCUT2D eigenvalue weighted by Gasteiger charge is 2.05. The molecule has 0 aliphatic heterocycles. The summed E-state index contributed by atoms with van der Waals surface area (Å²) in [5, 5.41) is 12.1. The molecule has 0 saturated heterocycles. The van der Waals surface area contributed by atoms with Crippen LogP contribution >= 0.6 is 11.6 Å². The van der Waals surface area contributed by atoms with Gasteiger partial charge < -0.3 is 15.2 Å². The summed E-state index contributed by atoms with van der Waals surface area (Å²) in [6.45, 7) is 1.97. The SMILES string of the molecule is COc1cc(CNC(=O)/C(C)=C/Cl)ccc1O. The minimum absolute atomic E-state index is 0.0689. The standard InChI is InChI=1S/C12H14ClNO3/c1-8(6-13)12(16)14-7-9-3-4-10(15)11(5-9)17-2/h3-6,15H,7H2,1-2H3,(H,14,16)/b8-6+. The van der Waals surface area contributed by atoms with Crippen LogP contribution in [0, 0.1) is 0 Å². The lowest BCUT2D eigenvalue weighted by Crippen LogP contribution is -2.23. The van der Waals surface area contributed by atoms with Crippen molar-refractivity contribution in [1.29, 1.82) is 0 Å². The van der Waals surface area contributed by atoms with E-state index in [1.54, 1.807) is 19.1 Å². The number of benzene rings is 1. The van der Waals surface area contributed by atoms with Gasteiger partial charge in [0.25, 0.3) is 0 Å². The molecule has 0 spiro atoms.